The largest absolute Gasteiger partial charge is 0.309 e. The molecule has 0 unspecified atom stereocenters. The van der Waals surface area contributed by atoms with Crippen LogP contribution < -0.4 is 5.46 Å². The number of para-hydroxylation sites is 3. The van der Waals surface area contributed by atoms with Gasteiger partial charge in [-0.15, -0.1) is 11.3 Å². The summed E-state index contributed by atoms with van der Waals surface area (Å²) in [6.07, 6.45) is 0. The molecule has 0 spiro atoms. The molecule has 0 aliphatic carbocycles. The van der Waals surface area contributed by atoms with Crippen molar-refractivity contribution in [3.8, 4) is 22.5 Å². The summed E-state index contributed by atoms with van der Waals surface area (Å²) >= 11 is 1.77. The van der Waals surface area contributed by atoms with Crippen LogP contribution in [0.4, 0.5) is 0 Å². The fourth-order valence-electron chi connectivity index (χ4n) is 7.50. The first-order valence-corrected chi connectivity index (χ1v) is 16.4. The Labute approximate surface area is 270 Å². The van der Waals surface area contributed by atoms with Gasteiger partial charge in [0.15, 0.2) is 0 Å². The van der Waals surface area contributed by atoms with Gasteiger partial charge >= 0.3 is 0 Å². The number of rotatable bonds is 3. The second kappa shape index (κ2) is 9.71. The van der Waals surface area contributed by atoms with Crippen LogP contribution in [0.15, 0.2) is 152 Å². The Morgan fingerprint density at radius 2 is 1.09 bits per heavy atom. The van der Waals surface area contributed by atoms with Crippen molar-refractivity contribution in [2.75, 3.05) is 0 Å². The minimum atomic E-state index is 0.816. The van der Waals surface area contributed by atoms with Gasteiger partial charge in [0, 0.05) is 53.1 Å². The quantitative estimate of drug-likeness (QED) is 0.179. The predicted octanol–water partition coefficient (Wildman–Crippen LogP) is 10.7. The number of benzene rings is 7. The maximum absolute atomic E-state index is 6.77. The molecule has 10 rings (SSSR count). The van der Waals surface area contributed by atoms with Crippen molar-refractivity contribution in [1.29, 1.82) is 0 Å². The second-order valence-electron chi connectivity index (χ2n) is 12.0. The Bertz CT molecular complexity index is 2820. The fourth-order valence-corrected chi connectivity index (χ4v) is 8.61. The van der Waals surface area contributed by atoms with Crippen LogP contribution in [0.1, 0.15) is 0 Å². The summed E-state index contributed by atoms with van der Waals surface area (Å²) in [6, 6.07) is 54.8. The van der Waals surface area contributed by atoms with Crippen molar-refractivity contribution >= 4 is 88.4 Å². The van der Waals surface area contributed by atoms with E-state index in [1.165, 1.54) is 75.9 Å². The van der Waals surface area contributed by atoms with Crippen molar-refractivity contribution < 1.29 is 0 Å². The summed E-state index contributed by atoms with van der Waals surface area (Å²) in [5.41, 5.74) is 10.3. The van der Waals surface area contributed by atoms with Gasteiger partial charge in [-0.25, -0.2) is 0 Å². The first-order valence-electron chi connectivity index (χ1n) is 15.6. The molecular formula is C42H25BN2S. The molecule has 0 atom stereocenters. The molecule has 0 N–H and O–H groups in total. The van der Waals surface area contributed by atoms with E-state index in [0.717, 1.165) is 15.9 Å². The Morgan fingerprint density at radius 3 is 1.93 bits per heavy atom. The van der Waals surface area contributed by atoms with Gasteiger partial charge in [-0.2, -0.15) is 0 Å². The molecule has 0 amide bonds. The average Bonchev–Trinajstić information content (AvgIpc) is 3.76. The fraction of sp³-hybridized carbons (Fsp3) is 0. The molecule has 212 valence electrons. The van der Waals surface area contributed by atoms with Crippen molar-refractivity contribution in [3.63, 3.8) is 0 Å². The lowest BCUT2D eigenvalue weighted by Gasteiger charge is -2.11. The molecule has 7 aromatic carbocycles. The van der Waals surface area contributed by atoms with E-state index in [4.69, 9.17) is 7.85 Å². The lowest BCUT2D eigenvalue weighted by Crippen LogP contribution is -2.05. The van der Waals surface area contributed by atoms with Crippen molar-refractivity contribution in [2.24, 2.45) is 0 Å². The van der Waals surface area contributed by atoms with Crippen LogP contribution in [-0.2, 0) is 0 Å². The third kappa shape index (κ3) is 3.59. The standard InChI is InChI=1S/C42H25BN2S/c43-35-25-28(24-34-31-14-6-9-20-40(31)46-42(34)35)45-37-18-8-5-15-32(37)41-29(16-10-19-39(41)45)26-21-22-38-33(23-26)30-13-4-7-17-36(30)44(38)27-11-2-1-3-12-27/h1-25H. The summed E-state index contributed by atoms with van der Waals surface area (Å²) in [5, 5.41) is 7.44. The molecule has 3 heterocycles. The molecule has 4 heteroatoms. The maximum atomic E-state index is 6.77. The van der Waals surface area contributed by atoms with Crippen LogP contribution in [0, 0.1) is 0 Å². The van der Waals surface area contributed by atoms with Crippen molar-refractivity contribution in [1.82, 2.24) is 9.13 Å². The van der Waals surface area contributed by atoms with E-state index < -0.39 is 0 Å². The molecule has 46 heavy (non-hydrogen) atoms. The van der Waals surface area contributed by atoms with Crippen LogP contribution in [-0.4, -0.2) is 17.0 Å². The van der Waals surface area contributed by atoms with Crippen LogP contribution >= 0.6 is 11.3 Å². The van der Waals surface area contributed by atoms with E-state index in [9.17, 15) is 0 Å². The topological polar surface area (TPSA) is 9.86 Å². The molecule has 2 radical (unpaired) electrons. The predicted molar refractivity (Wildman–Crippen MR) is 199 cm³/mol. The molecule has 0 fully saturated rings. The molecule has 0 saturated carbocycles. The summed E-state index contributed by atoms with van der Waals surface area (Å²) < 4.78 is 7.16. The summed E-state index contributed by atoms with van der Waals surface area (Å²) in [6.45, 7) is 0. The zero-order valence-corrected chi connectivity index (χ0v) is 25.6. The third-order valence-electron chi connectivity index (χ3n) is 9.45. The molecule has 3 aromatic heterocycles. The van der Waals surface area contributed by atoms with Crippen molar-refractivity contribution in [2.45, 2.75) is 0 Å². The summed E-state index contributed by atoms with van der Waals surface area (Å²) in [7, 11) is 6.77. The van der Waals surface area contributed by atoms with Gasteiger partial charge in [0.2, 0.25) is 0 Å². The molecule has 0 saturated heterocycles. The normalized spacial score (nSPS) is 12.0. The third-order valence-corrected chi connectivity index (χ3v) is 10.7. The van der Waals surface area contributed by atoms with Gasteiger partial charge in [0.1, 0.15) is 7.85 Å². The zero-order valence-electron chi connectivity index (χ0n) is 24.8. The van der Waals surface area contributed by atoms with E-state index in [0.29, 0.717) is 0 Å². The van der Waals surface area contributed by atoms with Gasteiger partial charge in [0.25, 0.3) is 0 Å². The number of hydrogen-bond acceptors (Lipinski definition) is 1. The van der Waals surface area contributed by atoms with Crippen molar-refractivity contribution in [3.05, 3.63) is 152 Å². The van der Waals surface area contributed by atoms with Crippen LogP contribution in [0.3, 0.4) is 0 Å². The second-order valence-corrected chi connectivity index (χ2v) is 13.0. The van der Waals surface area contributed by atoms with E-state index >= 15 is 0 Å². The maximum Gasteiger partial charge on any atom is 0.115 e. The molecule has 0 aliphatic heterocycles. The van der Waals surface area contributed by atoms with Crippen LogP contribution in [0.25, 0.3) is 86.3 Å². The Morgan fingerprint density at radius 1 is 0.435 bits per heavy atom. The molecule has 10 aromatic rings. The number of nitrogens with zero attached hydrogens (tertiary/aromatic N) is 2. The Kier molecular flexibility index (Phi) is 5.43. The molecule has 2 nitrogen and oxygen atoms in total. The molecule has 0 bridgehead atoms. The zero-order chi connectivity index (χ0) is 30.4. The van der Waals surface area contributed by atoms with E-state index in [1.807, 2.05) is 0 Å². The van der Waals surface area contributed by atoms with Crippen LogP contribution in [0.2, 0.25) is 0 Å². The number of aromatic nitrogens is 2. The highest BCUT2D eigenvalue weighted by Gasteiger charge is 2.19. The number of thiophene rings is 1. The molecule has 0 aliphatic rings. The van der Waals surface area contributed by atoms with Gasteiger partial charge < -0.3 is 9.13 Å². The van der Waals surface area contributed by atoms with E-state index in [-0.39, 0.29) is 0 Å². The lowest BCUT2D eigenvalue weighted by atomic mass is 9.93. The van der Waals surface area contributed by atoms with E-state index in [2.05, 4.69) is 161 Å². The smallest absolute Gasteiger partial charge is 0.115 e. The summed E-state index contributed by atoms with van der Waals surface area (Å²) in [5.74, 6) is 0. The Hall–Kier alpha value is -5.58. The van der Waals surface area contributed by atoms with Gasteiger partial charge in [-0.3, -0.25) is 0 Å². The molecular weight excluding hydrogens is 575 g/mol. The highest BCUT2D eigenvalue weighted by molar-refractivity contribution is 7.26. The number of hydrogen-bond donors (Lipinski definition) is 0. The average molecular weight is 601 g/mol. The summed E-state index contributed by atoms with van der Waals surface area (Å²) in [4.78, 5) is 0. The van der Waals surface area contributed by atoms with Gasteiger partial charge in [-0.05, 0) is 71.8 Å². The van der Waals surface area contributed by atoms with Gasteiger partial charge in [0.05, 0.1) is 22.1 Å². The van der Waals surface area contributed by atoms with Gasteiger partial charge in [-0.1, -0.05) is 96.5 Å². The minimum absolute atomic E-state index is 0.816. The highest BCUT2D eigenvalue weighted by Crippen LogP contribution is 2.42. The highest BCUT2D eigenvalue weighted by atomic mass is 32.1. The van der Waals surface area contributed by atoms with E-state index in [1.54, 1.807) is 11.3 Å². The minimum Gasteiger partial charge on any atom is -0.309 e. The number of fused-ring (bicyclic) bond motifs is 9. The SMILES string of the molecule is [B]c1cc(-n2c3ccccc3c3c(-c4ccc5c(c4)c4ccccc4n5-c4ccccc4)cccc32)cc2c1sc1ccccc12. The lowest BCUT2D eigenvalue weighted by molar-refractivity contribution is 1.18. The Balaban J connectivity index is 1.25. The first kappa shape index (κ1) is 25.7. The monoisotopic (exact) mass is 600 g/mol. The van der Waals surface area contributed by atoms with Crippen LogP contribution in [0.5, 0.6) is 0 Å². The first-order chi connectivity index (χ1) is 22.7.